The predicted molar refractivity (Wildman–Crippen MR) is 92.9 cm³/mol. The molecule has 1 fully saturated rings. The number of sulfonamides is 1. The van der Waals surface area contributed by atoms with Crippen molar-refractivity contribution in [3.8, 4) is 0 Å². The molecule has 126 valence electrons. The van der Waals surface area contributed by atoms with E-state index in [-0.39, 0.29) is 16.7 Å². The number of hydrogen-bond acceptors (Lipinski definition) is 3. The van der Waals surface area contributed by atoms with E-state index in [1.807, 2.05) is 12.1 Å². The van der Waals surface area contributed by atoms with Crippen molar-refractivity contribution in [1.29, 1.82) is 0 Å². The molecule has 2 aromatic carbocycles. The molecule has 6 heteroatoms. The van der Waals surface area contributed by atoms with Gasteiger partial charge in [-0.2, -0.15) is 0 Å². The number of hydrogen-bond donors (Lipinski definition) is 2. The van der Waals surface area contributed by atoms with Gasteiger partial charge in [0.25, 0.3) is 10.0 Å². The minimum Gasteiger partial charge on any atom is -0.352 e. The van der Waals surface area contributed by atoms with Crippen LogP contribution in [-0.2, 0) is 21.4 Å². The second kappa shape index (κ2) is 7.05. The van der Waals surface area contributed by atoms with Crippen molar-refractivity contribution < 1.29 is 13.2 Å². The lowest BCUT2D eigenvalue weighted by Gasteiger charge is -2.24. The average Bonchev–Trinajstić information content (AvgIpc) is 2.53. The molecule has 0 unspecified atom stereocenters. The molecule has 0 spiro atoms. The molecule has 1 amide bonds. The Labute approximate surface area is 142 Å². The average molecular weight is 344 g/mol. The second-order valence-corrected chi connectivity index (χ2v) is 7.60. The van der Waals surface area contributed by atoms with Gasteiger partial charge in [0.15, 0.2) is 0 Å². The van der Waals surface area contributed by atoms with Gasteiger partial charge < -0.3 is 5.32 Å². The van der Waals surface area contributed by atoms with E-state index in [0.717, 1.165) is 24.8 Å². The Bertz CT molecular complexity index is 815. The van der Waals surface area contributed by atoms with Crippen LogP contribution in [-0.4, -0.2) is 14.3 Å². The molecule has 3 rings (SSSR count). The lowest BCUT2D eigenvalue weighted by atomic mass is 9.85. The van der Waals surface area contributed by atoms with Gasteiger partial charge in [-0.25, -0.2) is 8.42 Å². The van der Waals surface area contributed by atoms with Crippen LogP contribution in [0.15, 0.2) is 59.5 Å². The Hall–Kier alpha value is -2.34. The Morgan fingerprint density at radius 1 is 1.00 bits per heavy atom. The SMILES string of the molecule is O=C(NCc1ccccc1NS(=O)(=O)c1ccccc1)C1CCC1. The third-order valence-electron chi connectivity index (χ3n) is 4.24. The van der Waals surface area contributed by atoms with Crippen LogP contribution in [0.1, 0.15) is 24.8 Å². The van der Waals surface area contributed by atoms with Crippen LogP contribution < -0.4 is 10.0 Å². The first kappa shape index (κ1) is 16.5. The van der Waals surface area contributed by atoms with Crippen molar-refractivity contribution in [2.75, 3.05) is 4.72 Å². The first-order chi connectivity index (χ1) is 11.6. The Morgan fingerprint density at radius 2 is 1.67 bits per heavy atom. The van der Waals surface area contributed by atoms with Crippen LogP contribution in [0.25, 0.3) is 0 Å². The van der Waals surface area contributed by atoms with Crippen LogP contribution in [0, 0.1) is 5.92 Å². The topological polar surface area (TPSA) is 75.3 Å². The zero-order chi connectivity index (χ0) is 17.0. The number of para-hydroxylation sites is 1. The summed E-state index contributed by atoms with van der Waals surface area (Å²) >= 11 is 0. The second-order valence-electron chi connectivity index (χ2n) is 5.92. The lowest BCUT2D eigenvalue weighted by molar-refractivity contribution is -0.127. The molecule has 0 saturated heterocycles. The summed E-state index contributed by atoms with van der Waals surface area (Å²) < 4.78 is 27.5. The number of benzene rings is 2. The molecule has 1 aliphatic rings. The molecule has 1 saturated carbocycles. The maximum atomic E-state index is 12.5. The smallest absolute Gasteiger partial charge is 0.261 e. The number of nitrogens with one attached hydrogen (secondary N) is 2. The van der Waals surface area contributed by atoms with Gasteiger partial charge in [0.05, 0.1) is 10.6 Å². The number of carbonyl (C=O) groups excluding carboxylic acids is 1. The molecule has 2 N–H and O–H groups in total. The van der Waals surface area contributed by atoms with Crippen molar-refractivity contribution in [2.24, 2.45) is 5.92 Å². The van der Waals surface area contributed by atoms with Gasteiger partial charge in [-0.3, -0.25) is 9.52 Å². The Kier molecular flexibility index (Phi) is 4.85. The van der Waals surface area contributed by atoms with Gasteiger partial charge >= 0.3 is 0 Å². The van der Waals surface area contributed by atoms with Gasteiger partial charge in [-0.1, -0.05) is 42.8 Å². The van der Waals surface area contributed by atoms with Crippen LogP contribution in [0.2, 0.25) is 0 Å². The quantitative estimate of drug-likeness (QED) is 0.846. The summed E-state index contributed by atoms with van der Waals surface area (Å²) in [5, 5.41) is 2.89. The molecule has 0 bridgehead atoms. The summed E-state index contributed by atoms with van der Waals surface area (Å²) in [6.45, 7) is 0.308. The number of anilines is 1. The molecule has 2 aromatic rings. The maximum absolute atomic E-state index is 12.5. The van der Waals surface area contributed by atoms with Crippen LogP contribution in [0.5, 0.6) is 0 Å². The fourth-order valence-corrected chi connectivity index (χ4v) is 3.70. The van der Waals surface area contributed by atoms with Crippen LogP contribution in [0.4, 0.5) is 5.69 Å². The lowest BCUT2D eigenvalue weighted by Crippen LogP contribution is -2.34. The standard InChI is InChI=1S/C18H20N2O3S/c21-18(14-8-6-9-14)19-13-15-7-4-5-12-17(15)20-24(22,23)16-10-2-1-3-11-16/h1-5,7,10-12,14,20H,6,8-9,13H2,(H,19,21). The van der Waals surface area contributed by atoms with Crippen molar-refractivity contribution in [3.63, 3.8) is 0 Å². The van der Waals surface area contributed by atoms with Gasteiger partial charge in [-0.05, 0) is 36.6 Å². The monoisotopic (exact) mass is 344 g/mol. The summed E-state index contributed by atoms with van der Waals surface area (Å²) in [6.07, 6.45) is 2.98. The molecule has 24 heavy (non-hydrogen) atoms. The predicted octanol–water partition coefficient (Wildman–Crippen LogP) is 2.90. The summed E-state index contributed by atoms with van der Waals surface area (Å²) in [7, 11) is -3.65. The molecule has 5 nitrogen and oxygen atoms in total. The number of carbonyl (C=O) groups is 1. The van der Waals surface area contributed by atoms with Crippen molar-refractivity contribution in [2.45, 2.75) is 30.7 Å². The van der Waals surface area contributed by atoms with Gasteiger partial charge in [0, 0.05) is 12.5 Å². The van der Waals surface area contributed by atoms with Crippen molar-refractivity contribution >= 4 is 21.6 Å². The van der Waals surface area contributed by atoms with E-state index >= 15 is 0 Å². The van der Waals surface area contributed by atoms with E-state index in [1.165, 1.54) is 0 Å². The van der Waals surface area contributed by atoms with E-state index in [4.69, 9.17) is 0 Å². The van der Waals surface area contributed by atoms with Gasteiger partial charge in [-0.15, -0.1) is 0 Å². The van der Waals surface area contributed by atoms with E-state index in [2.05, 4.69) is 10.0 Å². The van der Waals surface area contributed by atoms with E-state index < -0.39 is 10.0 Å². The minimum atomic E-state index is -3.65. The molecular formula is C18H20N2O3S. The summed E-state index contributed by atoms with van der Waals surface area (Å²) in [5.41, 5.74) is 1.22. The summed E-state index contributed by atoms with van der Waals surface area (Å²) in [4.78, 5) is 12.2. The third kappa shape index (κ3) is 3.76. The Balaban J connectivity index is 1.73. The zero-order valence-corrected chi connectivity index (χ0v) is 14.1. The number of rotatable bonds is 6. The third-order valence-corrected chi connectivity index (χ3v) is 5.63. The van der Waals surface area contributed by atoms with Crippen molar-refractivity contribution in [3.05, 3.63) is 60.2 Å². The fraction of sp³-hybridized carbons (Fsp3) is 0.278. The van der Waals surface area contributed by atoms with E-state index in [9.17, 15) is 13.2 Å². The normalized spacial score (nSPS) is 14.7. The zero-order valence-electron chi connectivity index (χ0n) is 13.2. The molecule has 0 heterocycles. The highest BCUT2D eigenvalue weighted by Crippen LogP contribution is 2.26. The Morgan fingerprint density at radius 3 is 2.33 bits per heavy atom. The van der Waals surface area contributed by atoms with Crippen LogP contribution in [0.3, 0.4) is 0 Å². The molecule has 0 radical (unpaired) electrons. The number of amides is 1. The minimum absolute atomic E-state index is 0.0435. The highest BCUT2D eigenvalue weighted by Gasteiger charge is 2.25. The molecule has 0 aromatic heterocycles. The maximum Gasteiger partial charge on any atom is 0.261 e. The molecular weight excluding hydrogens is 324 g/mol. The fourth-order valence-electron chi connectivity index (χ4n) is 2.57. The first-order valence-electron chi connectivity index (χ1n) is 8.00. The highest BCUT2D eigenvalue weighted by atomic mass is 32.2. The highest BCUT2D eigenvalue weighted by molar-refractivity contribution is 7.92. The first-order valence-corrected chi connectivity index (χ1v) is 9.48. The van der Waals surface area contributed by atoms with Gasteiger partial charge in [0.1, 0.15) is 0 Å². The van der Waals surface area contributed by atoms with Crippen molar-refractivity contribution in [1.82, 2.24) is 5.32 Å². The van der Waals surface area contributed by atoms with E-state index in [1.54, 1.807) is 42.5 Å². The van der Waals surface area contributed by atoms with Crippen LogP contribution >= 0.6 is 0 Å². The summed E-state index contributed by atoms with van der Waals surface area (Å²) in [6, 6.07) is 15.3. The van der Waals surface area contributed by atoms with E-state index in [0.29, 0.717) is 12.2 Å². The summed E-state index contributed by atoms with van der Waals surface area (Å²) in [5.74, 6) is 0.153. The molecule has 0 atom stereocenters. The van der Waals surface area contributed by atoms with Gasteiger partial charge in [0.2, 0.25) is 5.91 Å². The molecule has 1 aliphatic carbocycles. The largest absolute Gasteiger partial charge is 0.352 e. The molecule has 0 aliphatic heterocycles.